The fourth-order valence-corrected chi connectivity index (χ4v) is 3.29. The summed E-state index contributed by atoms with van der Waals surface area (Å²) in [6.07, 6.45) is 4.86. The summed E-state index contributed by atoms with van der Waals surface area (Å²) in [5.74, 6) is -2.30. The summed E-state index contributed by atoms with van der Waals surface area (Å²) in [6, 6.07) is 3.15. The zero-order valence-electron chi connectivity index (χ0n) is 13.6. The molecule has 3 atom stereocenters. The maximum atomic E-state index is 13.3. The van der Waals surface area contributed by atoms with E-state index in [1.807, 2.05) is 12.2 Å². The summed E-state index contributed by atoms with van der Waals surface area (Å²) in [6.45, 7) is 3.26. The van der Waals surface area contributed by atoms with E-state index in [2.05, 4.69) is 5.32 Å². The van der Waals surface area contributed by atoms with Crippen molar-refractivity contribution in [2.75, 3.05) is 5.32 Å². The third-order valence-electron chi connectivity index (χ3n) is 4.77. The highest BCUT2D eigenvalue weighted by atomic mass is 19.1. The molecule has 1 aliphatic heterocycles. The number of aryl methyl sites for hydroxylation is 1. The predicted molar refractivity (Wildman–Crippen MR) is 86.4 cm³/mol. The highest BCUT2D eigenvalue weighted by Gasteiger charge is 2.50. The number of benzene rings is 1. The molecule has 1 saturated heterocycles. The molecule has 3 rings (SSSR count). The number of amides is 3. The monoisotopic (exact) mass is 330 g/mol. The van der Waals surface area contributed by atoms with E-state index in [4.69, 9.17) is 0 Å². The Hall–Kier alpha value is -2.50. The lowest BCUT2D eigenvalue weighted by Crippen LogP contribution is -2.46. The van der Waals surface area contributed by atoms with Crippen molar-refractivity contribution in [3.05, 3.63) is 41.7 Å². The van der Waals surface area contributed by atoms with Crippen molar-refractivity contribution >= 4 is 23.4 Å². The van der Waals surface area contributed by atoms with Gasteiger partial charge in [0.15, 0.2) is 0 Å². The van der Waals surface area contributed by atoms with Gasteiger partial charge in [-0.15, -0.1) is 0 Å². The Morgan fingerprint density at radius 1 is 1.21 bits per heavy atom. The van der Waals surface area contributed by atoms with Gasteiger partial charge >= 0.3 is 0 Å². The van der Waals surface area contributed by atoms with Crippen LogP contribution < -0.4 is 5.32 Å². The number of allylic oxidation sites excluding steroid dienone is 2. The maximum absolute atomic E-state index is 13.3. The van der Waals surface area contributed by atoms with Gasteiger partial charge in [0, 0.05) is 5.69 Å². The van der Waals surface area contributed by atoms with Crippen LogP contribution in [0.25, 0.3) is 0 Å². The zero-order valence-corrected chi connectivity index (χ0v) is 13.6. The molecule has 126 valence electrons. The van der Waals surface area contributed by atoms with Crippen LogP contribution in [-0.4, -0.2) is 28.7 Å². The van der Waals surface area contributed by atoms with Gasteiger partial charge in [0.2, 0.25) is 17.7 Å². The first-order valence-corrected chi connectivity index (χ1v) is 7.99. The SMILES string of the molecule is Cc1ccc(F)cc1NC(=O)[C@H](C)N1C(=O)[C@H]2CC=CC[C@H]2C1=O. The quantitative estimate of drug-likeness (QED) is 0.684. The average Bonchev–Trinajstić information content (AvgIpc) is 2.82. The summed E-state index contributed by atoms with van der Waals surface area (Å²) in [4.78, 5) is 38.5. The van der Waals surface area contributed by atoms with Crippen LogP contribution >= 0.6 is 0 Å². The number of rotatable bonds is 3. The second kappa shape index (κ2) is 6.19. The molecular formula is C18H19FN2O3. The van der Waals surface area contributed by atoms with Crippen LogP contribution in [0.5, 0.6) is 0 Å². The lowest BCUT2D eigenvalue weighted by Gasteiger charge is -2.22. The first kappa shape index (κ1) is 16.4. The van der Waals surface area contributed by atoms with Crippen LogP contribution in [0.2, 0.25) is 0 Å². The molecule has 1 fully saturated rings. The molecular weight excluding hydrogens is 311 g/mol. The van der Waals surface area contributed by atoms with E-state index in [-0.39, 0.29) is 23.7 Å². The molecule has 0 unspecified atom stereocenters. The molecule has 0 saturated carbocycles. The number of hydrogen-bond donors (Lipinski definition) is 1. The molecule has 3 amide bonds. The van der Waals surface area contributed by atoms with Crippen molar-refractivity contribution in [1.82, 2.24) is 4.90 Å². The Labute approximate surface area is 139 Å². The Balaban J connectivity index is 1.77. The van der Waals surface area contributed by atoms with Gasteiger partial charge in [-0.2, -0.15) is 0 Å². The zero-order chi connectivity index (χ0) is 17.4. The van der Waals surface area contributed by atoms with E-state index in [9.17, 15) is 18.8 Å². The summed E-state index contributed by atoms with van der Waals surface area (Å²) in [7, 11) is 0. The van der Waals surface area contributed by atoms with Crippen LogP contribution in [-0.2, 0) is 14.4 Å². The van der Waals surface area contributed by atoms with E-state index in [1.165, 1.54) is 19.1 Å². The predicted octanol–water partition coefficient (Wildman–Crippen LogP) is 2.41. The van der Waals surface area contributed by atoms with E-state index >= 15 is 0 Å². The van der Waals surface area contributed by atoms with Crippen molar-refractivity contribution in [3.8, 4) is 0 Å². The van der Waals surface area contributed by atoms with Crippen molar-refractivity contribution in [2.45, 2.75) is 32.7 Å². The number of halogens is 1. The van der Waals surface area contributed by atoms with E-state index in [1.54, 1.807) is 13.0 Å². The van der Waals surface area contributed by atoms with Crippen molar-refractivity contribution in [1.29, 1.82) is 0 Å². The Bertz CT molecular complexity index is 718. The lowest BCUT2D eigenvalue weighted by atomic mass is 9.85. The highest BCUT2D eigenvalue weighted by Crippen LogP contribution is 2.36. The molecule has 1 N–H and O–H groups in total. The minimum absolute atomic E-state index is 0.298. The first-order chi connectivity index (χ1) is 11.4. The Kier molecular flexibility index (Phi) is 4.22. The molecule has 0 bridgehead atoms. The van der Waals surface area contributed by atoms with Gasteiger partial charge in [0.1, 0.15) is 11.9 Å². The smallest absolute Gasteiger partial charge is 0.247 e. The number of fused-ring (bicyclic) bond motifs is 1. The lowest BCUT2D eigenvalue weighted by molar-refractivity contribution is -0.146. The fourth-order valence-electron chi connectivity index (χ4n) is 3.29. The molecule has 1 aromatic carbocycles. The molecule has 1 aliphatic carbocycles. The van der Waals surface area contributed by atoms with Crippen molar-refractivity contribution < 1.29 is 18.8 Å². The van der Waals surface area contributed by atoms with Gasteiger partial charge < -0.3 is 5.32 Å². The van der Waals surface area contributed by atoms with Gasteiger partial charge in [-0.3, -0.25) is 19.3 Å². The number of hydrogen-bond acceptors (Lipinski definition) is 3. The number of carbonyl (C=O) groups excluding carboxylic acids is 3. The maximum Gasteiger partial charge on any atom is 0.247 e. The van der Waals surface area contributed by atoms with Crippen LogP contribution in [0.3, 0.4) is 0 Å². The Morgan fingerprint density at radius 3 is 2.38 bits per heavy atom. The van der Waals surface area contributed by atoms with Crippen LogP contribution in [0, 0.1) is 24.6 Å². The standard InChI is InChI=1S/C18H19FN2O3/c1-10-7-8-12(19)9-15(10)20-16(22)11(2)21-17(23)13-5-3-4-6-14(13)18(21)24/h3-4,7-9,11,13-14H,5-6H2,1-2H3,(H,20,22)/t11-,13-,14+/m0/s1. The average molecular weight is 330 g/mol. The molecule has 0 aromatic heterocycles. The minimum Gasteiger partial charge on any atom is -0.324 e. The van der Waals surface area contributed by atoms with Gasteiger partial charge in [-0.05, 0) is 44.4 Å². The van der Waals surface area contributed by atoms with Crippen molar-refractivity contribution in [2.24, 2.45) is 11.8 Å². The number of carbonyl (C=O) groups is 3. The normalized spacial score (nSPS) is 24.0. The first-order valence-electron chi connectivity index (χ1n) is 7.99. The summed E-state index contributed by atoms with van der Waals surface area (Å²) < 4.78 is 13.3. The highest BCUT2D eigenvalue weighted by molar-refractivity contribution is 6.10. The second-order valence-electron chi connectivity index (χ2n) is 6.33. The fraction of sp³-hybridized carbons (Fsp3) is 0.389. The largest absolute Gasteiger partial charge is 0.324 e. The summed E-state index contributed by atoms with van der Waals surface area (Å²) >= 11 is 0. The topological polar surface area (TPSA) is 66.5 Å². The third-order valence-corrected chi connectivity index (χ3v) is 4.77. The van der Waals surface area contributed by atoms with E-state index < -0.39 is 17.8 Å². The van der Waals surface area contributed by atoms with Crippen LogP contribution in [0.4, 0.5) is 10.1 Å². The minimum atomic E-state index is -0.932. The Morgan fingerprint density at radius 2 is 1.79 bits per heavy atom. The molecule has 6 heteroatoms. The molecule has 1 aromatic rings. The number of anilines is 1. The number of nitrogens with zero attached hydrogens (tertiary/aromatic N) is 1. The molecule has 5 nitrogen and oxygen atoms in total. The molecule has 2 aliphatic rings. The van der Waals surface area contributed by atoms with Gasteiger partial charge in [-0.1, -0.05) is 18.2 Å². The van der Waals surface area contributed by atoms with Crippen LogP contribution in [0.1, 0.15) is 25.3 Å². The third kappa shape index (κ3) is 2.72. The van der Waals surface area contributed by atoms with Crippen molar-refractivity contribution in [3.63, 3.8) is 0 Å². The van der Waals surface area contributed by atoms with Gasteiger partial charge in [-0.25, -0.2) is 4.39 Å². The summed E-state index contributed by atoms with van der Waals surface area (Å²) in [5.41, 5.74) is 1.04. The van der Waals surface area contributed by atoms with Gasteiger partial charge in [0.05, 0.1) is 11.8 Å². The summed E-state index contributed by atoms with van der Waals surface area (Å²) in [5, 5.41) is 2.61. The molecule has 0 spiro atoms. The molecule has 1 heterocycles. The van der Waals surface area contributed by atoms with E-state index in [0.717, 1.165) is 4.90 Å². The number of likely N-dealkylation sites (tertiary alicyclic amines) is 1. The molecule has 24 heavy (non-hydrogen) atoms. The number of nitrogens with one attached hydrogen (secondary N) is 1. The van der Waals surface area contributed by atoms with Crippen LogP contribution in [0.15, 0.2) is 30.4 Å². The molecule has 0 radical (unpaired) electrons. The second-order valence-corrected chi connectivity index (χ2v) is 6.33. The number of imide groups is 1. The van der Waals surface area contributed by atoms with Gasteiger partial charge in [0.25, 0.3) is 0 Å². The van der Waals surface area contributed by atoms with E-state index in [0.29, 0.717) is 24.1 Å².